The fourth-order valence-corrected chi connectivity index (χ4v) is 2.48. The van der Waals surface area contributed by atoms with E-state index in [4.69, 9.17) is 9.47 Å². The van der Waals surface area contributed by atoms with Crippen LogP contribution in [0.1, 0.15) is 50.9 Å². The second-order valence-corrected chi connectivity index (χ2v) is 6.32. The maximum atomic E-state index is 12.6. The maximum absolute atomic E-state index is 12.6. The van der Waals surface area contributed by atoms with Crippen LogP contribution in [-0.2, 0) is 4.79 Å². The molecule has 0 aromatic heterocycles. The second kappa shape index (κ2) is 9.91. The molecule has 1 aromatic rings. The number of benzene rings is 1. The largest absolute Gasteiger partial charge is 0.497 e. The Kier molecular flexibility index (Phi) is 8.25. The number of rotatable bonds is 9. The van der Waals surface area contributed by atoms with E-state index in [-0.39, 0.29) is 23.8 Å². The van der Waals surface area contributed by atoms with Crippen LogP contribution in [-0.4, -0.2) is 38.1 Å². The standard InChI is InChI=1S/C19H30N2O4/c1-7-14(8-2)20-19(23)17(12(3)4)21-18(22)13-9-15(24-5)11-16(10-13)25-6/h9-12,14,17H,7-8H2,1-6H3,(H,20,23)(H,21,22)/t17-/m1/s1. The predicted octanol–water partition coefficient (Wildman–Crippen LogP) is 2.76. The molecular formula is C19H30N2O4. The summed E-state index contributed by atoms with van der Waals surface area (Å²) < 4.78 is 10.4. The van der Waals surface area contributed by atoms with E-state index in [0.29, 0.717) is 17.1 Å². The van der Waals surface area contributed by atoms with Gasteiger partial charge in [-0.2, -0.15) is 0 Å². The zero-order valence-electron chi connectivity index (χ0n) is 16.0. The SMILES string of the molecule is CCC(CC)NC(=O)[C@H](NC(=O)c1cc(OC)cc(OC)c1)C(C)C. The molecule has 0 bridgehead atoms. The Hall–Kier alpha value is -2.24. The van der Waals surface area contributed by atoms with Crippen molar-refractivity contribution < 1.29 is 19.1 Å². The summed E-state index contributed by atoms with van der Waals surface area (Å²) in [4.78, 5) is 25.2. The average Bonchev–Trinajstić information content (AvgIpc) is 2.62. The van der Waals surface area contributed by atoms with Gasteiger partial charge >= 0.3 is 0 Å². The Labute approximate surface area is 150 Å². The number of carbonyl (C=O) groups is 2. The number of methoxy groups -OCH3 is 2. The molecule has 2 N–H and O–H groups in total. The van der Waals surface area contributed by atoms with Crippen LogP contribution in [0.4, 0.5) is 0 Å². The maximum Gasteiger partial charge on any atom is 0.252 e. The van der Waals surface area contributed by atoms with Gasteiger partial charge in [-0.25, -0.2) is 0 Å². The van der Waals surface area contributed by atoms with Gasteiger partial charge in [0.15, 0.2) is 0 Å². The molecule has 1 rings (SSSR count). The van der Waals surface area contributed by atoms with E-state index >= 15 is 0 Å². The monoisotopic (exact) mass is 350 g/mol. The summed E-state index contributed by atoms with van der Waals surface area (Å²) in [5.74, 6) is 0.507. The first-order valence-corrected chi connectivity index (χ1v) is 8.70. The lowest BCUT2D eigenvalue weighted by Crippen LogP contribution is -2.51. The lowest BCUT2D eigenvalue weighted by Gasteiger charge is -2.24. The Morgan fingerprint density at radius 1 is 0.960 bits per heavy atom. The molecule has 2 amide bonds. The van der Waals surface area contributed by atoms with Gasteiger partial charge in [-0.3, -0.25) is 9.59 Å². The van der Waals surface area contributed by atoms with Crippen molar-refractivity contribution in [3.05, 3.63) is 23.8 Å². The molecule has 1 aromatic carbocycles. The fraction of sp³-hybridized carbons (Fsp3) is 0.579. The molecule has 0 spiro atoms. The van der Waals surface area contributed by atoms with E-state index < -0.39 is 6.04 Å². The summed E-state index contributed by atoms with van der Waals surface area (Å²) in [6, 6.07) is 4.44. The van der Waals surface area contributed by atoms with Crippen LogP contribution in [0, 0.1) is 5.92 Å². The van der Waals surface area contributed by atoms with Crippen LogP contribution < -0.4 is 20.1 Å². The van der Waals surface area contributed by atoms with Gasteiger partial charge in [0.2, 0.25) is 5.91 Å². The summed E-state index contributed by atoms with van der Waals surface area (Å²) in [6.07, 6.45) is 1.71. The molecule has 0 radical (unpaired) electrons. The number of nitrogens with one attached hydrogen (secondary N) is 2. The predicted molar refractivity (Wildman–Crippen MR) is 98.2 cm³/mol. The minimum atomic E-state index is -0.606. The van der Waals surface area contributed by atoms with Crippen LogP contribution in [0.3, 0.4) is 0 Å². The van der Waals surface area contributed by atoms with E-state index in [1.165, 1.54) is 14.2 Å². The third-order valence-electron chi connectivity index (χ3n) is 4.18. The minimum absolute atomic E-state index is 0.0363. The highest BCUT2D eigenvalue weighted by Gasteiger charge is 2.26. The zero-order valence-corrected chi connectivity index (χ0v) is 16.0. The number of carbonyl (C=O) groups excluding carboxylic acids is 2. The molecular weight excluding hydrogens is 320 g/mol. The highest BCUT2D eigenvalue weighted by molar-refractivity contribution is 5.98. The highest BCUT2D eigenvalue weighted by atomic mass is 16.5. The van der Waals surface area contributed by atoms with Crippen molar-refractivity contribution in [2.75, 3.05) is 14.2 Å². The van der Waals surface area contributed by atoms with Gasteiger partial charge in [0.1, 0.15) is 17.5 Å². The van der Waals surface area contributed by atoms with Crippen LogP contribution in [0.15, 0.2) is 18.2 Å². The number of amides is 2. The van der Waals surface area contributed by atoms with Gasteiger partial charge in [-0.1, -0.05) is 27.7 Å². The van der Waals surface area contributed by atoms with Crippen molar-refractivity contribution in [2.24, 2.45) is 5.92 Å². The van der Waals surface area contributed by atoms with Crippen LogP contribution in [0.25, 0.3) is 0 Å². The van der Waals surface area contributed by atoms with Crippen molar-refractivity contribution in [1.29, 1.82) is 0 Å². The molecule has 1 atom stereocenters. The summed E-state index contributed by atoms with van der Waals surface area (Å²) in [6.45, 7) is 7.87. The van der Waals surface area contributed by atoms with Gasteiger partial charge in [0.05, 0.1) is 14.2 Å². The minimum Gasteiger partial charge on any atom is -0.497 e. The molecule has 6 nitrogen and oxygen atoms in total. The molecule has 0 saturated heterocycles. The van der Waals surface area contributed by atoms with E-state index in [0.717, 1.165) is 12.8 Å². The van der Waals surface area contributed by atoms with Crippen molar-refractivity contribution in [3.8, 4) is 11.5 Å². The number of hydrogen-bond donors (Lipinski definition) is 2. The first-order chi connectivity index (χ1) is 11.9. The summed E-state index contributed by atoms with van der Waals surface area (Å²) in [5, 5.41) is 5.82. The molecule has 140 valence electrons. The van der Waals surface area contributed by atoms with Crippen LogP contribution in [0.2, 0.25) is 0 Å². The zero-order chi connectivity index (χ0) is 19.0. The van der Waals surface area contributed by atoms with Gasteiger partial charge < -0.3 is 20.1 Å². The lowest BCUT2D eigenvalue weighted by molar-refractivity contribution is -0.124. The first-order valence-electron chi connectivity index (χ1n) is 8.70. The number of hydrogen-bond acceptors (Lipinski definition) is 4. The Morgan fingerprint density at radius 3 is 1.88 bits per heavy atom. The molecule has 25 heavy (non-hydrogen) atoms. The molecule has 0 saturated carbocycles. The molecule has 0 fully saturated rings. The average molecular weight is 350 g/mol. The Balaban J connectivity index is 2.95. The van der Waals surface area contributed by atoms with Gasteiger partial charge in [0, 0.05) is 17.7 Å². The molecule has 0 aliphatic heterocycles. The van der Waals surface area contributed by atoms with Gasteiger partial charge in [-0.15, -0.1) is 0 Å². The van der Waals surface area contributed by atoms with Crippen molar-refractivity contribution in [3.63, 3.8) is 0 Å². The summed E-state index contributed by atoms with van der Waals surface area (Å²) in [5.41, 5.74) is 0.386. The molecule has 0 heterocycles. The number of ether oxygens (including phenoxy) is 2. The van der Waals surface area contributed by atoms with Crippen molar-refractivity contribution in [1.82, 2.24) is 10.6 Å². The van der Waals surface area contributed by atoms with Crippen LogP contribution in [0.5, 0.6) is 11.5 Å². The molecule has 0 aliphatic rings. The highest BCUT2D eigenvalue weighted by Crippen LogP contribution is 2.22. The third kappa shape index (κ3) is 5.96. The summed E-state index contributed by atoms with van der Waals surface area (Å²) in [7, 11) is 3.05. The van der Waals surface area contributed by atoms with E-state index in [2.05, 4.69) is 10.6 Å². The first kappa shape index (κ1) is 20.8. The normalized spacial score (nSPS) is 12.0. The molecule has 0 aliphatic carbocycles. The lowest BCUT2D eigenvalue weighted by atomic mass is 10.0. The second-order valence-electron chi connectivity index (χ2n) is 6.32. The fourth-order valence-electron chi connectivity index (χ4n) is 2.48. The molecule has 0 unspecified atom stereocenters. The topological polar surface area (TPSA) is 76.7 Å². The molecule has 6 heteroatoms. The van der Waals surface area contributed by atoms with E-state index in [1.807, 2.05) is 27.7 Å². The van der Waals surface area contributed by atoms with Gasteiger partial charge in [-0.05, 0) is 30.9 Å². The third-order valence-corrected chi connectivity index (χ3v) is 4.18. The van der Waals surface area contributed by atoms with Crippen LogP contribution >= 0.6 is 0 Å². The van der Waals surface area contributed by atoms with Crippen molar-refractivity contribution in [2.45, 2.75) is 52.6 Å². The van der Waals surface area contributed by atoms with E-state index in [1.54, 1.807) is 18.2 Å². The van der Waals surface area contributed by atoms with Crippen molar-refractivity contribution >= 4 is 11.8 Å². The van der Waals surface area contributed by atoms with Gasteiger partial charge in [0.25, 0.3) is 5.91 Å². The Bertz CT molecular complexity index is 561. The smallest absolute Gasteiger partial charge is 0.252 e. The van der Waals surface area contributed by atoms with E-state index in [9.17, 15) is 9.59 Å². The summed E-state index contributed by atoms with van der Waals surface area (Å²) >= 11 is 0. The quantitative estimate of drug-likeness (QED) is 0.718. The Morgan fingerprint density at radius 2 is 1.48 bits per heavy atom.